The summed E-state index contributed by atoms with van der Waals surface area (Å²) in [5, 5.41) is 2.92. The quantitative estimate of drug-likeness (QED) is 0.620. The van der Waals surface area contributed by atoms with Gasteiger partial charge in [-0.1, -0.05) is 12.1 Å². The standard InChI is InChI=1S/C24H30N4O3/c1-24(2)23(30)25-20-6-4-5-7-21(20)28(24)22(29)17-27-14-12-26(13-15-27)16-18-8-10-19(31-3)11-9-18/h4-11H,12-17H2,1-3H3,(H,25,30)/p+2. The molecule has 2 heterocycles. The van der Waals surface area contributed by atoms with Crippen molar-refractivity contribution in [2.45, 2.75) is 25.9 Å². The smallest absolute Gasteiger partial charge is 0.283 e. The maximum absolute atomic E-state index is 13.3. The molecule has 0 saturated carbocycles. The first-order chi connectivity index (χ1) is 14.9. The van der Waals surface area contributed by atoms with Crippen LogP contribution in [-0.2, 0) is 16.1 Å². The van der Waals surface area contributed by atoms with Gasteiger partial charge in [0.2, 0.25) is 5.91 Å². The molecular weight excluding hydrogens is 392 g/mol. The Hall–Kier alpha value is -2.90. The van der Waals surface area contributed by atoms with Crippen LogP contribution in [0.25, 0.3) is 0 Å². The summed E-state index contributed by atoms with van der Waals surface area (Å²) in [6.07, 6.45) is 0. The highest BCUT2D eigenvalue weighted by Gasteiger charge is 2.44. The molecule has 0 unspecified atom stereocenters. The van der Waals surface area contributed by atoms with E-state index in [9.17, 15) is 9.59 Å². The van der Waals surface area contributed by atoms with Crippen LogP contribution >= 0.6 is 0 Å². The molecule has 2 aromatic carbocycles. The average molecular weight is 425 g/mol. The Morgan fingerprint density at radius 1 is 1.03 bits per heavy atom. The number of fused-ring (bicyclic) bond motifs is 1. The molecule has 31 heavy (non-hydrogen) atoms. The number of rotatable bonds is 5. The van der Waals surface area contributed by atoms with E-state index in [4.69, 9.17) is 4.74 Å². The van der Waals surface area contributed by atoms with Crippen LogP contribution in [0.15, 0.2) is 48.5 Å². The molecule has 7 heteroatoms. The number of amides is 2. The van der Waals surface area contributed by atoms with E-state index in [2.05, 4.69) is 17.4 Å². The number of ether oxygens (including phenoxy) is 1. The van der Waals surface area contributed by atoms with Crippen LogP contribution in [0.2, 0.25) is 0 Å². The molecule has 2 aliphatic rings. The number of carbonyl (C=O) groups excluding carboxylic acids is 2. The summed E-state index contributed by atoms with van der Waals surface area (Å²) >= 11 is 0. The molecular formula is C24H32N4O3+2. The highest BCUT2D eigenvalue weighted by atomic mass is 16.5. The highest BCUT2D eigenvalue weighted by molar-refractivity contribution is 6.14. The van der Waals surface area contributed by atoms with Crippen LogP contribution in [0.5, 0.6) is 5.75 Å². The zero-order chi connectivity index (χ0) is 22.0. The van der Waals surface area contributed by atoms with Gasteiger partial charge < -0.3 is 19.9 Å². The average Bonchev–Trinajstić information content (AvgIpc) is 2.76. The van der Waals surface area contributed by atoms with Crippen molar-refractivity contribution in [3.8, 4) is 5.75 Å². The number of methoxy groups -OCH3 is 1. The Balaban J connectivity index is 1.37. The first-order valence-electron chi connectivity index (χ1n) is 10.9. The van der Waals surface area contributed by atoms with E-state index in [1.807, 2.05) is 50.2 Å². The summed E-state index contributed by atoms with van der Waals surface area (Å²) < 4.78 is 5.23. The molecule has 3 N–H and O–H groups in total. The van der Waals surface area contributed by atoms with Crippen LogP contribution < -0.4 is 24.8 Å². The van der Waals surface area contributed by atoms with E-state index >= 15 is 0 Å². The number of hydrogen-bond donors (Lipinski definition) is 3. The van der Waals surface area contributed by atoms with Crippen LogP contribution in [0, 0.1) is 0 Å². The SMILES string of the molecule is COc1ccc(C[NH+]2CC[NH+](CC(=O)N3c4ccccc4NC(=O)C3(C)C)CC2)cc1. The molecule has 2 aromatic rings. The zero-order valence-corrected chi connectivity index (χ0v) is 18.5. The number of nitrogens with one attached hydrogen (secondary N) is 3. The molecule has 2 amide bonds. The molecule has 0 aliphatic carbocycles. The number of piperazine rings is 1. The monoisotopic (exact) mass is 424 g/mol. The minimum Gasteiger partial charge on any atom is -0.497 e. The number of benzene rings is 2. The highest BCUT2D eigenvalue weighted by Crippen LogP contribution is 2.36. The minimum atomic E-state index is -0.910. The molecule has 0 radical (unpaired) electrons. The Bertz CT molecular complexity index is 950. The van der Waals surface area contributed by atoms with Gasteiger partial charge in [0.1, 0.15) is 44.0 Å². The van der Waals surface area contributed by atoms with Crippen molar-refractivity contribution >= 4 is 23.2 Å². The molecule has 0 bridgehead atoms. The van der Waals surface area contributed by atoms with E-state index in [0.717, 1.165) is 44.2 Å². The third-order valence-electron chi connectivity index (χ3n) is 6.44. The van der Waals surface area contributed by atoms with Crippen LogP contribution in [-0.4, -0.2) is 57.2 Å². The Morgan fingerprint density at radius 2 is 1.68 bits per heavy atom. The first-order valence-corrected chi connectivity index (χ1v) is 10.9. The lowest BCUT2D eigenvalue weighted by molar-refractivity contribution is -1.02. The van der Waals surface area contributed by atoms with Gasteiger partial charge in [-0.25, -0.2) is 0 Å². The third kappa shape index (κ3) is 4.43. The van der Waals surface area contributed by atoms with Crippen molar-refractivity contribution in [1.29, 1.82) is 0 Å². The Morgan fingerprint density at radius 3 is 2.35 bits per heavy atom. The topological polar surface area (TPSA) is 67.5 Å². The Labute approximate surface area is 183 Å². The summed E-state index contributed by atoms with van der Waals surface area (Å²) in [5.74, 6) is 0.728. The largest absolute Gasteiger partial charge is 0.497 e. The van der Waals surface area contributed by atoms with Gasteiger partial charge in [0.25, 0.3) is 5.91 Å². The predicted octanol–water partition coefficient (Wildman–Crippen LogP) is -0.257. The Kier molecular flexibility index (Phi) is 5.98. The number of nitrogens with zero attached hydrogens (tertiary/aromatic N) is 1. The van der Waals surface area contributed by atoms with Gasteiger partial charge in [-0.15, -0.1) is 0 Å². The molecule has 2 aliphatic heterocycles. The summed E-state index contributed by atoms with van der Waals surface area (Å²) in [6, 6.07) is 15.8. The lowest BCUT2D eigenvalue weighted by atomic mass is 9.96. The number of anilines is 2. The van der Waals surface area contributed by atoms with Gasteiger partial charge >= 0.3 is 0 Å². The predicted molar refractivity (Wildman–Crippen MR) is 120 cm³/mol. The number of hydrogen-bond acceptors (Lipinski definition) is 3. The summed E-state index contributed by atoms with van der Waals surface area (Å²) in [4.78, 5) is 30.4. The van der Waals surface area contributed by atoms with Crippen molar-refractivity contribution in [2.24, 2.45) is 0 Å². The maximum atomic E-state index is 13.3. The van der Waals surface area contributed by atoms with Gasteiger partial charge in [0.05, 0.1) is 18.5 Å². The van der Waals surface area contributed by atoms with Gasteiger partial charge in [-0.3, -0.25) is 14.5 Å². The molecule has 0 aromatic heterocycles. The lowest BCUT2D eigenvalue weighted by Gasteiger charge is -2.42. The summed E-state index contributed by atoms with van der Waals surface area (Å²) in [6.45, 7) is 8.94. The van der Waals surface area contributed by atoms with Crippen molar-refractivity contribution in [3.05, 3.63) is 54.1 Å². The van der Waals surface area contributed by atoms with Crippen molar-refractivity contribution in [3.63, 3.8) is 0 Å². The van der Waals surface area contributed by atoms with Crippen molar-refractivity contribution in [2.75, 3.05) is 50.1 Å². The molecule has 1 fully saturated rings. The van der Waals surface area contributed by atoms with Crippen molar-refractivity contribution in [1.82, 2.24) is 0 Å². The van der Waals surface area contributed by atoms with Gasteiger partial charge in [-0.2, -0.15) is 0 Å². The first kappa shape index (κ1) is 21.3. The zero-order valence-electron chi connectivity index (χ0n) is 18.5. The molecule has 0 spiro atoms. The molecule has 4 rings (SSSR count). The fourth-order valence-corrected chi connectivity index (χ4v) is 4.53. The van der Waals surface area contributed by atoms with Crippen LogP contribution in [0.4, 0.5) is 11.4 Å². The second-order valence-electron chi connectivity index (χ2n) is 8.96. The van der Waals surface area contributed by atoms with E-state index in [1.54, 1.807) is 12.0 Å². The fourth-order valence-electron chi connectivity index (χ4n) is 4.53. The van der Waals surface area contributed by atoms with Gasteiger partial charge in [0.15, 0.2) is 6.54 Å². The third-order valence-corrected chi connectivity index (χ3v) is 6.44. The summed E-state index contributed by atoms with van der Waals surface area (Å²) in [5.41, 5.74) is 1.86. The van der Waals surface area contributed by atoms with Crippen molar-refractivity contribution < 1.29 is 24.1 Å². The van der Waals surface area contributed by atoms with Crippen LogP contribution in [0.3, 0.4) is 0 Å². The molecule has 1 saturated heterocycles. The van der Waals surface area contributed by atoms with Crippen LogP contribution in [0.1, 0.15) is 19.4 Å². The summed E-state index contributed by atoms with van der Waals surface area (Å²) in [7, 11) is 1.68. The normalized spacial score (nSPS) is 22.4. The van der Waals surface area contributed by atoms with E-state index < -0.39 is 5.54 Å². The number of carbonyl (C=O) groups is 2. The minimum absolute atomic E-state index is 0.000837. The van der Waals surface area contributed by atoms with E-state index in [1.165, 1.54) is 15.4 Å². The second-order valence-corrected chi connectivity index (χ2v) is 8.96. The molecule has 164 valence electrons. The number of quaternary nitrogens is 2. The molecule has 0 atom stereocenters. The lowest BCUT2D eigenvalue weighted by Crippen LogP contribution is -3.28. The fraction of sp³-hybridized carbons (Fsp3) is 0.417. The maximum Gasteiger partial charge on any atom is 0.283 e. The van der Waals surface area contributed by atoms with E-state index in [0.29, 0.717) is 12.2 Å². The molecule has 7 nitrogen and oxygen atoms in total. The second kappa shape index (κ2) is 8.69. The van der Waals surface area contributed by atoms with E-state index in [-0.39, 0.29) is 11.8 Å². The number of para-hydroxylation sites is 2. The van der Waals surface area contributed by atoms with Gasteiger partial charge in [0, 0.05) is 5.56 Å². The van der Waals surface area contributed by atoms with Gasteiger partial charge in [-0.05, 0) is 50.2 Å².